The van der Waals surface area contributed by atoms with Crippen molar-refractivity contribution in [3.8, 4) is 16.9 Å². The zero-order chi connectivity index (χ0) is 19.3. The van der Waals surface area contributed by atoms with Gasteiger partial charge in [-0.1, -0.05) is 36.4 Å². The number of fused-ring (bicyclic) bond motifs is 1. The van der Waals surface area contributed by atoms with Crippen LogP contribution in [0.15, 0.2) is 73.1 Å². The molecule has 0 unspecified atom stereocenters. The Hall–Kier alpha value is -3.60. The van der Waals surface area contributed by atoms with E-state index in [0.29, 0.717) is 5.69 Å². The van der Waals surface area contributed by atoms with E-state index in [2.05, 4.69) is 45.6 Å². The van der Waals surface area contributed by atoms with Crippen LogP contribution < -0.4 is 15.8 Å². The number of methoxy groups -OCH3 is 1. The van der Waals surface area contributed by atoms with Crippen molar-refractivity contribution in [2.75, 3.05) is 24.7 Å². The van der Waals surface area contributed by atoms with E-state index in [9.17, 15) is 0 Å². The van der Waals surface area contributed by atoms with E-state index in [-0.39, 0.29) is 0 Å². The first-order chi connectivity index (χ1) is 13.7. The molecule has 0 fully saturated rings. The Morgan fingerprint density at radius 1 is 0.929 bits per heavy atom. The number of benzene rings is 3. The van der Waals surface area contributed by atoms with Crippen molar-refractivity contribution in [2.24, 2.45) is 0 Å². The highest BCUT2D eigenvalue weighted by Gasteiger charge is 2.04. The molecule has 0 amide bonds. The fraction of sp³-hybridized carbons (Fsp3) is 0.130. The van der Waals surface area contributed by atoms with Crippen LogP contribution in [0.4, 0.5) is 11.5 Å². The summed E-state index contributed by atoms with van der Waals surface area (Å²) < 4.78 is 5.31. The van der Waals surface area contributed by atoms with Gasteiger partial charge in [0.25, 0.3) is 0 Å². The third-order valence-corrected chi connectivity index (χ3v) is 4.72. The first-order valence-electron chi connectivity index (χ1n) is 9.20. The number of nitrogens with zero attached hydrogens (tertiary/aromatic N) is 2. The molecule has 1 heterocycles. The Morgan fingerprint density at radius 2 is 1.79 bits per heavy atom. The van der Waals surface area contributed by atoms with E-state index in [1.165, 1.54) is 11.1 Å². The third-order valence-electron chi connectivity index (χ3n) is 4.72. The molecule has 0 aliphatic carbocycles. The molecule has 140 valence electrons. The van der Waals surface area contributed by atoms with Crippen LogP contribution in [0.3, 0.4) is 0 Å². The number of hydrogen-bond donors (Lipinski definition) is 2. The molecular weight excluding hydrogens is 348 g/mol. The van der Waals surface area contributed by atoms with Gasteiger partial charge in [0, 0.05) is 17.6 Å². The van der Waals surface area contributed by atoms with Gasteiger partial charge in [-0.05, 0) is 53.4 Å². The summed E-state index contributed by atoms with van der Waals surface area (Å²) in [6, 6.07) is 22.4. The van der Waals surface area contributed by atoms with Gasteiger partial charge in [0.2, 0.25) is 0 Å². The van der Waals surface area contributed by atoms with Gasteiger partial charge in [-0.2, -0.15) is 0 Å². The van der Waals surface area contributed by atoms with Gasteiger partial charge in [-0.25, -0.2) is 9.97 Å². The topological polar surface area (TPSA) is 73.1 Å². The standard InChI is InChI=1S/C23H22N4O/c1-28-20-4-2-3-18(13-20)17-7-5-16(6-8-17)11-12-25-23-21-14-19(24)9-10-22(21)26-15-27-23/h2-10,13-15H,11-12,24H2,1H3,(H,25,26,27). The zero-order valence-corrected chi connectivity index (χ0v) is 15.7. The largest absolute Gasteiger partial charge is 0.497 e. The highest BCUT2D eigenvalue weighted by Crippen LogP contribution is 2.24. The fourth-order valence-electron chi connectivity index (χ4n) is 3.21. The van der Waals surface area contributed by atoms with Gasteiger partial charge < -0.3 is 15.8 Å². The number of hydrogen-bond acceptors (Lipinski definition) is 5. The number of anilines is 2. The molecule has 3 aromatic carbocycles. The molecule has 5 nitrogen and oxygen atoms in total. The summed E-state index contributed by atoms with van der Waals surface area (Å²) in [4.78, 5) is 8.64. The molecule has 0 aliphatic rings. The Kier molecular flexibility index (Phi) is 5.06. The van der Waals surface area contributed by atoms with E-state index in [0.717, 1.165) is 41.0 Å². The summed E-state index contributed by atoms with van der Waals surface area (Å²) in [6.45, 7) is 0.777. The van der Waals surface area contributed by atoms with Crippen LogP contribution >= 0.6 is 0 Å². The molecule has 0 saturated heterocycles. The monoisotopic (exact) mass is 370 g/mol. The van der Waals surface area contributed by atoms with Gasteiger partial charge in [-0.15, -0.1) is 0 Å². The lowest BCUT2D eigenvalue weighted by Gasteiger charge is -2.09. The minimum absolute atomic E-state index is 0.707. The lowest BCUT2D eigenvalue weighted by Crippen LogP contribution is -2.07. The van der Waals surface area contributed by atoms with Gasteiger partial charge in [0.05, 0.1) is 12.6 Å². The lowest BCUT2D eigenvalue weighted by atomic mass is 10.0. The average Bonchev–Trinajstić information content (AvgIpc) is 2.74. The predicted molar refractivity (Wildman–Crippen MR) is 115 cm³/mol. The Morgan fingerprint density at radius 3 is 2.61 bits per heavy atom. The summed E-state index contributed by atoms with van der Waals surface area (Å²) >= 11 is 0. The van der Waals surface area contributed by atoms with E-state index < -0.39 is 0 Å². The van der Waals surface area contributed by atoms with Gasteiger partial charge in [0.1, 0.15) is 17.9 Å². The molecule has 3 N–H and O–H groups in total. The van der Waals surface area contributed by atoms with Crippen molar-refractivity contribution < 1.29 is 4.74 Å². The molecule has 4 rings (SSSR count). The number of ether oxygens (including phenoxy) is 1. The van der Waals surface area contributed by atoms with E-state index in [1.807, 2.05) is 36.4 Å². The molecule has 1 aromatic heterocycles. The van der Waals surface area contributed by atoms with Gasteiger partial charge in [-0.3, -0.25) is 0 Å². The Labute approximate surface area is 164 Å². The maximum Gasteiger partial charge on any atom is 0.137 e. The molecule has 5 heteroatoms. The quantitative estimate of drug-likeness (QED) is 0.487. The predicted octanol–water partition coefficient (Wildman–Crippen LogP) is 4.54. The van der Waals surface area contributed by atoms with Crippen LogP contribution in [-0.2, 0) is 6.42 Å². The van der Waals surface area contributed by atoms with Crippen molar-refractivity contribution in [3.05, 3.63) is 78.6 Å². The smallest absolute Gasteiger partial charge is 0.137 e. The first kappa shape index (κ1) is 17.8. The van der Waals surface area contributed by atoms with Crippen LogP contribution in [0.25, 0.3) is 22.0 Å². The van der Waals surface area contributed by atoms with Crippen LogP contribution in [0, 0.1) is 0 Å². The second-order valence-corrected chi connectivity index (χ2v) is 6.60. The molecule has 0 bridgehead atoms. The highest BCUT2D eigenvalue weighted by atomic mass is 16.5. The molecule has 0 saturated carbocycles. The minimum atomic E-state index is 0.707. The number of aromatic nitrogens is 2. The summed E-state index contributed by atoms with van der Waals surface area (Å²) in [5.41, 5.74) is 11.1. The van der Waals surface area contributed by atoms with Crippen molar-refractivity contribution >= 4 is 22.4 Å². The number of rotatable bonds is 6. The normalized spacial score (nSPS) is 10.8. The number of nitrogen functional groups attached to an aromatic ring is 1. The van der Waals surface area contributed by atoms with E-state index in [1.54, 1.807) is 13.4 Å². The second-order valence-electron chi connectivity index (χ2n) is 6.60. The third kappa shape index (κ3) is 3.88. The summed E-state index contributed by atoms with van der Waals surface area (Å²) in [6.07, 6.45) is 2.47. The second kappa shape index (κ2) is 7.96. The molecule has 28 heavy (non-hydrogen) atoms. The SMILES string of the molecule is COc1cccc(-c2ccc(CCNc3ncnc4ccc(N)cc34)cc2)c1. The average molecular weight is 370 g/mol. The Bertz CT molecular complexity index is 1090. The first-order valence-corrected chi connectivity index (χ1v) is 9.20. The van der Waals surface area contributed by atoms with Crippen LogP contribution in [0.5, 0.6) is 5.75 Å². The van der Waals surface area contributed by atoms with Gasteiger partial charge >= 0.3 is 0 Å². The molecule has 0 spiro atoms. The van der Waals surface area contributed by atoms with Crippen molar-refractivity contribution in [1.29, 1.82) is 0 Å². The van der Waals surface area contributed by atoms with Crippen LogP contribution in [0.2, 0.25) is 0 Å². The van der Waals surface area contributed by atoms with Crippen molar-refractivity contribution in [2.45, 2.75) is 6.42 Å². The van der Waals surface area contributed by atoms with Crippen molar-refractivity contribution in [1.82, 2.24) is 9.97 Å². The maximum absolute atomic E-state index is 5.90. The van der Waals surface area contributed by atoms with Gasteiger partial charge in [0.15, 0.2) is 0 Å². The zero-order valence-electron chi connectivity index (χ0n) is 15.7. The molecular formula is C23H22N4O. The molecule has 0 radical (unpaired) electrons. The fourth-order valence-corrected chi connectivity index (χ4v) is 3.21. The lowest BCUT2D eigenvalue weighted by molar-refractivity contribution is 0.415. The summed E-state index contributed by atoms with van der Waals surface area (Å²) in [5.74, 6) is 1.67. The van der Waals surface area contributed by atoms with Crippen LogP contribution in [0.1, 0.15) is 5.56 Å². The highest BCUT2D eigenvalue weighted by molar-refractivity contribution is 5.91. The van der Waals surface area contributed by atoms with E-state index in [4.69, 9.17) is 10.5 Å². The van der Waals surface area contributed by atoms with Crippen LogP contribution in [-0.4, -0.2) is 23.6 Å². The maximum atomic E-state index is 5.90. The van der Waals surface area contributed by atoms with E-state index >= 15 is 0 Å². The molecule has 0 aliphatic heterocycles. The summed E-state index contributed by atoms with van der Waals surface area (Å²) in [5, 5.41) is 4.34. The number of nitrogens with one attached hydrogen (secondary N) is 1. The Balaban J connectivity index is 1.43. The molecule has 0 atom stereocenters. The number of nitrogens with two attached hydrogens (primary N) is 1. The minimum Gasteiger partial charge on any atom is -0.497 e. The summed E-state index contributed by atoms with van der Waals surface area (Å²) in [7, 11) is 1.68. The molecule has 4 aromatic rings. The van der Waals surface area contributed by atoms with Crippen molar-refractivity contribution in [3.63, 3.8) is 0 Å².